The van der Waals surface area contributed by atoms with Crippen LogP contribution in [-0.4, -0.2) is 29.9 Å². The molecule has 3 aromatic carbocycles. The van der Waals surface area contributed by atoms with Crippen molar-refractivity contribution < 1.29 is 22.3 Å². The number of methoxy groups -OCH3 is 2. The lowest BCUT2D eigenvalue weighted by atomic mass is 9.84. The summed E-state index contributed by atoms with van der Waals surface area (Å²) in [5, 5.41) is 0. The summed E-state index contributed by atoms with van der Waals surface area (Å²) >= 11 is -1.85. The minimum Gasteiger partial charge on any atom is -0.497 e. The zero-order chi connectivity index (χ0) is 22.2. The monoisotopic (exact) mass is 453 g/mol. The van der Waals surface area contributed by atoms with Gasteiger partial charge >= 0.3 is 0 Å². The maximum atomic E-state index is 13.6. The minimum absolute atomic E-state index is 0.204. The molecule has 0 aliphatic carbocycles. The van der Waals surface area contributed by atoms with E-state index in [1.807, 2.05) is 18.2 Å². The fraction of sp³-hybridized carbons (Fsp3) is 0.280. The Kier molecular flexibility index (Phi) is 5.61. The van der Waals surface area contributed by atoms with Crippen LogP contribution in [0.4, 0.5) is 4.39 Å². The van der Waals surface area contributed by atoms with Crippen molar-refractivity contribution in [2.75, 3.05) is 20.8 Å². The van der Waals surface area contributed by atoms with Crippen molar-refractivity contribution in [2.24, 2.45) is 0 Å². The summed E-state index contributed by atoms with van der Waals surface area (Å²) < 4.78 is 43.0. The van der Waals surface area contributed by atoms with E-state index in [1.165, 1.54) is 34.9 Å². The van der Waals surface area contributed by atoms with E-state index < -0.39 is 16.9 Å². The largest absolute Gasteiger partial charge is 0.497 e. The molecule has 3 aromatic rings. The summed E-state index contributed by atoms with van der Waals surface area (Å²) in [5.41, 5.74) is 4.97. The van der Waals surface area contributed by atoms with Crippen molar-refractivity contribution in [3.05, 3.63) is 82.7 Å². The SMILES string of the molecule is COc1ccc2c(c1)CN1CCc3cc(OC)c(OS(=O)c4cccc(F)c4)cc3C1C2. The van der Waals surface area contributed by atoms with E-state index in [-0.39, 0.29) is 10.9 Å². The molecule has 166 valence electrons. The first kappa shape index (κ1) is 21.0. The molecular formula is C25H24FNO4S. The number of ether oxygens (including phenoxy) is 2. The molecule has 32 heavy (non-hydrogen) atoms. The second kappa shape index (κ2) is 8.56. The summed E-state index contributed by atoms with van der Waals surface area (Å²) in [5.74, 6) is 1.35. The quantitative estimate of drug-likeness (QED) is 0.565. The number of rotatable bonds is 5. The molecule has 2 aliphatic rings. The van der Waals surface area contributed by atoms with Crippen LogP contribution in [0.1, 0.15) is 28.3 Å². The molecule has 0 saturated heterocycles. The zero-order valence-corrected chi connectivity index (χ0v) is 18.8. The highest BCUT2D eigenvalue weighted by Crippen LogP contribution is 2.43. The van der Waals surface area contributed by atoms with Crippen molar-refractivity contribution in [3.63, 3.8) is 0 Å². The van der Waals surface area contributed by atoms with Crippen molar-refractivity contribution in [1.29, 1.82) is 0 Å². The molecule has 0 spiro atoms. The van der Waals surface area contributed by atoms with E-state index in [0.29, 0.717) is 11.5 Å². The molecule has 2 unspecified atom stereocenters. The molecule has 0 saturated carbocycles. The Hall–Kier alpha value is -2.90. The fourth-order valence-corrected chi connectivity index (χ4v) is 5.41. The third-order valence-electron chi connectivity index (χ3n) is 6.25. The average Bonchev–Trinajstić information content (AvgIpc) is 2.82. The highest BCUT2D eigenvalue weighted by molar-refractivity contribution is 7.80. The van der Waals surface area contributed by atoms with Gasteiger partial charge in [-0.25, -0.2) is 8.60 Å². The average molecular weight is 454 g/mol. The standard InChI is InChI=1S/C25H24FNO4S/c1-29-20-7-6-16-11-23-22-14-25(31-32(28)21-5-3-4-19(26)13-21)24(30-2)12-17(22)8-9-27(23)15-18(16)10-20/h3-7,10,12-14,23H,8-9,11,15H2,1-2H3. The lowest BCUT2D eigenvalue weighted by Gasteiger charge is -2.41. The van der Waals surface area contributed by atoms with Gasteiger partial charge < -0.3 is 13.7 Å². The number of hydrogen-bond acceptors (Lipinski definition) is 5. The predicted molar refractivity (Wildman–Crippen MR) is 120 cm³/mol. The third kappa shape index (κ3) is 3.87. The maximum Gasteiger partial charge on any atom is 0.240 e. The smallest absolute Gasteiger partial charge is 0.240 e. The molecule has 2 aliphatic heterocycles. The number of fused-ring (bicyclic) bond motifs is 4. The van der Waals surface area contributed by atoms with E-state index >= 15 is 0 Å². The molecule has 2 atom stereocenters. The van der Waals surface area contributed by atoms with Crippen LogP contribution in [0.2, 0.25) is 0 Å². The van der Waals surface area contributed by atoms with Gasteiger partial charge in [0, 0.05) is 19.1 Å². The summed E-state index contributed by atoms with van der Waals surface area (Å²) in [6.45, 7) is 1.81. The molecule has 0 radical (unpaired) electrons. The van der Waals surface area contributed by atoms with Crippen LogP contribution >= 0.6 is 0 Å². The summed E-state index contributed by atoms with van der Waals surface area (Å²) in [6.07, 6.45) is 1.78. The minimum atomic E-state index is -1.85. The van der Waals surface area contributed by atoms with Crippen molar-refractivity contribution in [3.8, 4) is 17.2 Å². The zero-order valence-electron chi connectivity index (χ0n) is 18.0. The molecule has 5 nitrogen and oxygen atoms in total. The Morgan fingerprint density at radius 3 is 2.62 bits per heavy atom. The fourth-order valence-electron chi connectivity index (χ4n) is 4.62. The Morgan fingerprint density at radius 1 is 0.969 bits per heavy atom. The number of benzene rings is 3. The lowest BCUT2D eigenvalue weighted by Crippen LogP contribution is -2.39. The predicted octanol–water partition coefficient (Wildman–Crippen LogP) is 4.60. The second-order valence-electron chi connectivity index (χ2n) is 8.05. The molecule has 0 amide bonds. The first-order valence-electron chi connectivity index (χ1n) is 10.5. The van der Waals surface area contributed by atoms with Crippen molar-refractivity contribution >= 4 is 11.1 Å². The van der Waals surface area contributed by atoms with Gasteiger partial charge in [-0.1, -0.05) is 12.1 Å². The van der Waals surface area contributed by atoms with Crippen LogP contribution in [0.3, 0.4) is 0 Å². The molecule has 7 heteroatoms. The molecule has 0 bridgehead atoms. The maximum absolute atomic E-state index is 13.6. The summed E-state index contributed by atoms with van der Waals surface area (Å²) in [7, 11) is 3.26. The van der Waals surface area contributed by atoms with Gasteiger partial charge in [-0.15, -0.1) is 0 Å². The van der Waals surface area contributed by atoms with Crippen molar-refractivity contribution in [2.45, 2.75) is 30.3 Å². The van der Waals surface area contributed by atoms with Crippen LogP contribution < -0.4 is 13.7 Å². The molecule has 0 N–H and O–H groups in total. The third-order valence-corrected chi connectivity index (χ3v) is 7.22. The van der Waals surface area contributed by atoms with Gasteiger partial charge in [-0.3, -0.25) is 4.90 Å². The van der Waals surface area contributed by atoms with Crippen LogP contribution in [0.25, 0.3) is 0 Å². The van der Waals surface area contributed by atoms with Gasteiger partial charge in [0.25, 0.3) is 0 Å². The lowest BCUT2D eigenvalue weighted by molar-refractivity contribution is 0.160. The summed E-state index contributed by atoms with van der Waals surface area (Å²) in [6, 6.07) is 16.0. The first-order valence-corrected chi connectivity index (χ1v) is 11.6. The topological polar surface area (TPSA) is 48.0 Å². The number of halogens is 1. The molecule has 5 rings (SSSR count). The van der Waals surface area contributed by atoms with Crippen LogP contribution in [0.5, 0.6) is 17.2 Å². The van der Waals surface area contributed by atoms with Gasteiger partial charge in [0.15, 0.2) is 11.5 Å². The molecule has 0 fully saturated rings. The highest BCUT2D eigenvalue weighted by atomic mass is 32.2. The van der Waals surface area contributed by atoms with Gasteiger partial charge in [-0.05, 0) is 77.6 Å². The Balaban J connectivity index is 1.48. The summed E-state index contributed by atoms with van der Waals surface area (Å²) in [4.78, 5) is 2.73. The Labute approximate surface area is 189 Å². The molecule has 2 heterocycles. The van der Waals surface area contributed by atoms with E-state index in [9.17, 15) is 8.60 Å². The Morgan fingerprint density at radius 2 is 1.84 bits per heavy atom. The van der Waals surface area contributed by atoms with E-state index in [2.05, 4.69) is 17.0 Å². The normalized spacial score (nSPS) is 18.2. The van der Waals surface area contributed by atoms with Gasteiger partial charge in [0.2, 0.25) is 11.1 Å². The van der Waals surface area contributed by atoms with E-state index in [1.54, 1.807) is 20.3 Å². The van der Waals surface area contributed by atoms with Crippen LogP contribution in [-0.2, 0) is 30.5 Å². The first-order chi connectivity index (χ1) is 15.6. The Bertz CT molecular complexity index is 1200. The highest BCUT2D eigenvalue weighted by Gasteiger charge is 2.33. The van der Waals surface area contributed by atoms with Crippen LogP contribution in [0, 0.1) is 5.82 Å². The number of nitrogens with zero attached hydrogens (tertiary/aromatic N) is 1. The van der Waals surface area contributed by atoms with Gasteiger partial charge in [0.05, 0.1) is 19.1 Å². The number of hydrogen-bond donors (Lipinski definition) is 0. The van der Waals surface area contributed by atoms with Crippen LogP contribution in [0.15, 0.2) is 59.5 Å². The second-order valence-corrected chi connectivity index (χ2v) is 9.16. The molecular weight excluding hydrogens is 429 g/mol. The molecule has 0 aromatic heterocycles. The van der Waals surface area contributed by atoms with Crippen molar-refractivity contribution in [1.82, 2.24) is 4.90 Å². The van der Waals surface area contributed by atoms with Gasteiger partial charge in [0.1, 0.15) is 11.6 Å². The van der Waals surface area contributed by atoms with Gasteiger partial charge in [-0.2, -0.15) is 0 Å². The van der Waals surface area contributed by atoms with E-state index in [0.717, 1.165) is 37.2 Å². The van der Waals surface area contributed by atoms with E-state index in [4.69, 9.17) is 13.7 Å².